The molecule has 0 radical (unpaired) electrons. The highest BCUT2D eigenvalue weighted by Crippen LogP contribution is 2.14. The normalized spacial score (nSPS) is 11.9. The van der Waals surface area contributed by atoms with Crippen LogP contribution in [0.25, 0.3) is 0 Å². The van der Waals surface area contributed by atoms with Gasteiger partial charge in [0.2, 0.25) is 0 Å². The van der Waals surface area contributed by atoms with Crippen LogP contribution < -0.4 is 10.2 Å². The zero-order chi connectivity index (χ0) is 14.1. The van der Waals surface area contributed by atoms with Gasteiger partial charge in [0, 0.05) is 39.5 Å². The number of ether oxygens (including phenoxy) is 1. The van der Waals surface area contributed by atoms with Gasteiger partial charge in [0.15, 0.2) is 0 Å². The van der Waals surface area contributed by atoms with Crippen molar-refractivity contribution in [2.45, 2.75) is 6.10 Å². The molecule has 19 heavy (non-hydrogen) atoms. The van der Waals surface area contributed by atoms with Crippen molar-refractivity contribution in [3.8, 4) is 6.07 Å². The summed E-state index contributed by atoms with van der Waals surface area (Å²) in [6.45, 7) is 2.38. The van der Waals surface area contributed by atoms with E-state index < -0.39 is 6.10 Å². The second kappa shape index (κ2) is 8.48. The predicted molar refractivity (Wildman–Crippen MR) is 75.2 cm³/mol. The minimum absolute atomic E-state index is 0.465. The zero-order valence-corrected chi connectivity index (χ0v) is 11.5. The van der Waals surface area contributed by atoms with E-state index in [2.05, 4.69) is 11.4 Å². The molecular weight excluding hydrogens is 242 g/mol. The SMILES string of the molecule is COCCNCC(O)CN(C)c1cccc(C#N)c1. The third kappa shape index (κ3) is 5.71. The quantitative estimate of drug-likeness (QED) is 0.672. The molecule has 0 bridgehead atoms. The Morgan fingerprint density at radius 2 is 2.32 bits per heavy atom. The number of aliphatic hydroxyl groups excluding tert-OH is 1. The van der Waals surface area contributed by atoms with Crippen LogP contribution in [0.2, 0.25) is 0 Å². The van der Waals surface area contributed by atoms with E-state index in [-0.39, 0.29) is 0 Å². The van der Waals surface area contributed by atoms with Gasteiger partial charge in [-0.25, -0.2) is 0 Å². The molecule has 0 aliphatic rings. The van der Waals surface area contributed by atoms with Gasteiger partial charge >= 0.3 is 0 Å². The molecule has 0 aliphatic carbocycles. The van der Waals surface area contributed by atoms with Gasteiger partial charge in [0.1, 0.15) is 0 Å². The molecule has 1 atom stereocenters. The molecule has 0 aromatic heterocycles. The summed E-state index contributed by atoms with van der Waals surface area (Å²) in [5.74, 6) is 0. The molecule has 1 unspecified atom stereocenters. The van der Waals surface area contributed by atoms with Crippen LogP contribution >= 0.6 is 0 Å². The van der Waals surface area contributed by atoms with E-state index >= 15 is 0 Å². The molecule has 0 spiro atoms. The fourth-order valence-corrected chi connectivity index (χ4v) is 1.74. The molecule has 0 saturated carbocycles. The lowest BCUT2D eigenvalue weighted by Gasteiger charge is -2.23. The first kappa shape index (κ1) is 15.4. The monoisotopic (exact) mass is 263 g/mol. The van der Waals surface area contributed by atoms with Crippen LogP contribution in [0.15, 0.2) is 24.3 Å². The molecule has 2 N–H and O–H groups in total. The van der Waals surface area contributed by atoms with Crippen molar-refractivity contribution in [3.05, 3.63) is 29.8 Å². The number of nitriles is 1. The Hall–Kier alpha value is -1.61. The highest BCUT2D eigenvalue weighted by atomic mass is 16.5. The molecule has 0 fully saturated rings. The highest BCUT2D eigenvalue weighted by molar-refractivity contribution is 5.50. The number of hydrogen-bond donors (Lipinski definition) is 2. The highest BCUT2D eigenvalue weighted by Gasteiger charge is 2.09. The van der Waals surface area contributed by atoms with Crippen molar-refractivity contribution in [1.29, 1.82) is 5.26 Å². The topological polar surface area (TPSA) is 68.5 Å². The maximum absolute atomic E-state index is 9.90. The summed E-state index contributed by atoms with van der Waals surface area (Å²) < 4.78 is 4.91. The number of rotatable bonds is 8. The maximum atomic E-state index is 9.90. The van der Waals surface area contributed by atoms with E-state index in [1.807, 2.05) is 30.1 Å². The molecule has 0 amide bonds. The van der Waals surface area contributed by atoms with Crippen molar-refractivity contribution in [2.75, 3.05) is 45.3 Å². The minimum Gasteiger partial charge on any atom is -0.390 e. The Labute approximate surface area is 114 Å². The number of methoxy groups -OCH3 is 1. The first-order valence-electron chi connectivity index (χ1n) is 6.26. The number of nitrogens with one attached hydrogen (secondary N) is 1. The number of anilines is 1. The lowest BCUT2D eigenvalue weighted by atomic mass is 10.2. The fraction of sp³-hybridized carbons (Fsp3) is 0.500. The number of nitrogens with zero attached hydrogens (tertiary/aromatic N) is 2. The molecule has 5 heteroatoms. The lowest BCUT2D eigenvalue weighted by Crippen LogP contribution is -2.37. The molecule has 104 valence electrons. The average molecular weight is 263 g/mol. The zero-order valence-electron chi connectivity index (χ0n) is 11.5. The van der Waals surface area contributed by atoms with Crippen molar-refractivity contribution >= 4 is 5.69 Å². The van der Waals surface area contributed by atoms with E-state index in [4.69, 9.17) is 10.00 Å². The summed E-state index contributed by atoms with van der Waals surface area (Å²) >= 11 is 0. The largest absolute Gasteiger partial charge is 0.390 e. The van der Waals surface area contributed by atoms with Crippen LogP contribution in [0.1, 0.15) is 5.56 Å². The Bertz CT molecular complexity index is 417. The van der Waals surface area contributed by atoms with Crippen molar-refractivity contribution in [1.82, 2.24) is 5.32 Å². The van der Waals surface area contributed by atoms with E-state index in [1.54, 1.807) is 13.2 Å². The van der Waals surface area contributed by atoms with E-state index in [0.717, 1.165) is 12.2 Å². The summed E-state index contributed by atoms with van der Waals surface area (Å²) in [4.78, 5) is 1.93. The van der Waals surface area contributed by atoms with E-state index in [1.165, 1.54) is 0 Å². The van der Waals surface area contributed by atoms with Gasteiger partial charge in [0.05, 0.1) is 24.3 Å². The van der Waals surface area contributed by atoms with Gasteiger partial charge in [-0.15, -0.1) is 0 Å². The summed E-state index contributed by atoms with van der Waals surface area (Å²) in [6, 6.07) is 9.45. The molecule has 1 aromatic carbocycles. The molecular formula is C14H21N3O2. The third-order valence-corrected chi connectivity index (χ3v) is 2.76. The van der Waals surface area contributed by atoms with Crippen LogP contribution in [0.3, 0.4) is 0 Å². The fourth-order valence-electron chi connectivity index (χ4n) is 1.74. The Balaban J connectivity index is 2.40. The van der Waals surface area contributed by atoms with Crippen LogP contribution in [0.5, 0.6) is 0 Å². The summed E-state index contributed by atoms with van der Waals surface area (Å²) in [6.07, 6.45) is -0.465. The number of benzene rings is 1. The van der Waals surface area contributed by atoms with E-state index in [9.17, 15) is 5.11 Å². The second-order valence-corrected chi connectivity index (χ2v) is 4.39. The second-order valence-electron chi connectivity index (χ2n) is 4.39. The van der Waals surface area contributed by atoms with Gasteiger partial charge in [-0.2, -0.15) is 5.26 Å². The Morgan fingerprint density at radius 3 is 3.00 bits per heavy atom. The lowest BCUT2D eigenvalue weighted by molar-refractivity contribution is 0.164. The number of likely N-dealkylation sites (N-methyl/N-ethyl adjacent to an activating group) is 1. The predicted octanol–water partition coefficient (Wildman–Crippen LogP) is 0.591. The number of aliphatic hydroxyl groups is 1. The molecule has 1 aromatic rings. The van der Waals surface area contributed by atoms with Crippen LogP contribution in [-0.2, 0) is 4.74 Å². The summed E-state index contributed by atoms with van der Waals surface area (Å²) in [7, 11) is 3.54. The van der Waals surface area contributed by atoms with Gasteiger partial charge in [-0.05, 0) is 18.2 Å². The summed E-state index contributed by atoms with van der Waals surface area (Å²) in [5.41, 5.74) is 1.55. The Morgan fingerprint density at radius 1 is 1.53 bits per heavy atom. The van der Waals surface area contributed by atoms with Gasteiger partial charge < -0.3 is 20.1 Å². The van der Waals surface area contributed by atoms with Crippen molar-refractivity contribution < 1.29 is 9.84 Å². The molecule has 0 aliphatic heterocycles. The summed E-state index contributed by atoms with van der Waals surface area (Å²) in [5, 5.41) is 21.9. The first-order valence-corrected chi connectivity index (χ1v) is 6.26. The standard InChI is InChI=1S/C14H21N3O2/c1-17(11-14(18)10-16-6-7-19-2)13-5-3-4-12(8-13)9-15/h3-5,8,14,16,18H,6-7,10-11H2,1-2H3. The molecule has 5 nitrogen and oxygen atoms in total. The third-order valence-electron chi connectivity index (χ3n) is 2.76. The molecule has 1 rings (SSSR count). The van der Waals surface area contributed by atoms with Crippen LogP contribution in [0, 0.1) is 11.3 Å². The van der Waals surface area contributed by atoms with Crippen LogP contribution in [0.4, 0.5) is 5.69 Å². The molecule has 0 saturated heterocycles. The van der Waals surface area contributed by atoms with Crippen molar-refractivity contribution in [2.24, 2.45) is 0 Å². The first-order chi connectivity index (χ1) is 9.17. The minimum atomic E-state index is -0.465. The molecule has 0 heterocycles. The maximum Gasteiger partial charge on any atom is 0.0992 e. The van der Waals surface area contributed by atoms with E-state index in [0.29, 0.717) is 25.3 Å². The van der Waals surface area contributed by atoms with Gasteiger partial charge in [0.25, 0.3) is 0 Å². The average Bonchev–Trinajstić information content (AvgIpc) is 2.43. The van der Waals surface area contributed by atoms with Crippen molar-refractivity contribution in [3.63, 3.8) is 0 Å². The Kier molecular flexibility index (Phi) is 6.90. The smallest absolute Gasteiger partial charge is 0.0992 e. The van der Waals surface area contributed by atoms with Gasteiger partial charge in [-0.1, -0.05) is 6.07 Å². The van der Waals surface area contributed by atoms with Gasteiger partial charge in [-0.3, -0.25) is 0 Å². The van der Waals surface area contributed by atoms with Crippen LogP contribution in [-0.4, -0.2) is 51.6 Å². The number of hydrogen-bond acceptors (Lipinski definition) is 5.